The normalized spacial score (nSPS) is 21.3. The summed E-state index contributed by atoms with van der Waals surface area (Å²) in [4.78, 5) is 34.2. The number of esters is 1. The summed E-state index contributed by atoms with van der Waals surface area (Å²) >= 11 is 5.92. The molecule has 3 heterocycles. The predicted molar refractivity (Wildman–Crippen MR) is 124 cm³/mol. The summed E-state index contributed by atoms with van der Waals surface area (Å²) in [6.07, 6.45) is 0.0170. The fourth-order valence-electron chi connectivity index (χ4n) is 5.31. The van der Waals surface area contributed by atoms with Gasteiger partial charge in [-0.15, -0.1) is 0 Å². The van der Waals surface area contributed by atoms with E-state index in [2.05, 4.69) is 10.3 Å². The van der Waals surface area contributed by atoms with Crippen LogP contribution in [0, 0.1) is 5.82 Å². The van der Waals surface area contributed by atoms with Crippen molar-refractivity contribution in [2.75, 3.05) is 12.4 Å². The quantitative estimate of drug-likeness (QED) is 0.396. The molecule has 184 valence electrons. The zero-order chi connectivity index (χ0) is 25.1. The Morgan fingerprint density at radius 2 is 2.00 bits per heavy atom. The first kappa shape index (κ1) is 23.6. The van der Waals surface area contributed by atoms with E-state index in [1.54, 1.807) is 6.92 Å². The minimum atomic E-state index is -2.81. The molecule has 0 radical (unpaired) electrons. The number of methoxy groups -OCH3 is 1. The average Bonchev–Trinajstić information content (AvgIpc) is 3.33. The van der Waals surface area contributed by atoms with Crippen LogP contribution in [-0.2, 0) is 16.7 Å². The number of aromatic nitrogens is 3. The highest BCUT2D eigenvalue weighted by atomic mass is 35.5. The minimum absolute atomic E-state index is 0.0615. The van der Waals surface area contributed by atoms with E-state index in [4.69, 9.17) is 21.3 Å². The number of carbonyl (C=O) groups is 1. The number of ether oxygens (including phenoxy) is 1. The van der Waals surface area contributed by atoms with E-state index in [1.807, 2.05) is 0 Å². The van der Waals surface area contributed by atoms with E-state index in [0.717, 1.165) is 6.07 Å². The van der Waals surface area contributed by atoms with Crippen LogP contribution in [-0.4, -0.2) is 33.5 Å². The molecule has 1 saturated carbocycles. The molecule has 1 aromatic carbocycles. The summed E-state index contributed by atoms with van der Waals surface area (Å²) in [6, 6.07) is 4.74. The van der Waals surface area contributed by atoms with Crippen LogP contribution in [0.25, 0.3) is 10.9 Å². The van der Waals surface area contributed by atoms with Crippen molar-refractivity contribution in [3.8, 4) is 0 Å². The van der Waals surface area contributed by atoms with Gasteiger partial charge in [-0.1, -0.05) is 11.6 Å². The van der Waals surface area contributed by atoms with E-state index in [-0.39, 0.29) is 53.2 Å². The van der Waals surface area contributed by atoms with Gasteiger partial charge in [-0.25, -0.2) is 27.9 Å². The average molecular weight is 507 g/mol. The smallest absolute Gasteiger partial charge is 0.358 e. The molecule has 0 amide bonds. The van der Waals surface area contributed by atoms with Gasteiger partial charge in [0.2, 0.25) is 5.92 Å². The summed E-state index contributed by atoms with van der Waals surface area (Å²) in [5, 5.41) is 3.25. The van der Waals surface area contributed by atoms with E-state index >= 15 is 0 Å². The standard InChI is InChI=1S/C24H22ClF3N4O3/c1-12(29-16-3-4-17(25)30-19(16)21(34)35-2)14-9-13(26)10-15-18(14)31-22-23(5-6-24(27,28)11-23)7-8-32(22)20(15)33/h3-4,9-10,12,29H,5-8,11H2,1-2H3/t12-,23-/m1/s1. The molecular formula is C24H22ClF3N4O3. The van der Waals surface area contributed by atoms with Crippen molar-refractivity contribution in [2.45, 2.75) is 56.5 Å². The Kier molecular flexibility index (Phi) is 5.54. The van der Waals surface area contributed by atoms with Crippen LogP contribution in [0.4, 0.5) is 18.9 Å². The van der Waals surface area contributed by atoms with Crippen LogP contribution in [0.15, 0.2) is 29.1 Å². The Morgan fingerprint density at radius 3 is 2.69 bits per heavy atom. The van der Waals surface area contributed by atoms with Crippen LogP contribution < -0.4 is 10.9 Å². The van der Waals surface area contributed by atoms with Gasteiger partial charge in [-0.05, 0) is 44.0 Å². The summed E-state index contributed by atoms with van der Waals surface area (Å²) in [5.41, 5.74) is -0.520. The van der Waals surface area contributed by atoms with E-state index in [0.29, 0.717) is 17.8 Å². The lowest BCUT2D eigenvalue weighted by molar-refractivity contribution is 0.00241. The van der Waals surface area contributed by atoms with Crippen LogP contribution in [0.2, 0.25) is 5.15 Å². The van der Waals surface area contributed by atoms with Gasteiger partial charge in [0.15, 0.2) is 5.69 Å². The third-order valence-corrected chi connectivity index (χ3v) is 7.20. The fourth-order valence-corrected chi connectivity index (χ4v) is 5.46. The maximum Gasteiger partial charge on any atom is 0.358 e. The number of halogens is 4. The number of benzene rings is 1. The van der Waals surface area contributed by atoms with Crippen molar-refractivity contribution in [2.24, 2.45) is 0 Å². The third-order valence-electron chi connectivity index (χ3n) is 6.99. The number of hydrogen-bond donors (Lipinski definition) is 1. The molecule has 1 spiro atoms. The molecule has 1 fully saturated rings. The Hall–Kier alpha value is -3.14. The number of pyridine rings is 1. The van der Waals surface area contributed by atoms with Gasteiger partial charge in [0.05, 0.1) is 29.7 Å². The van der Waals surface area contributed by atoms with Crippen molar-refractivity contribution in [3.63, 3.8) is 0 Å². The highest BCUT2D eigenvalue weighted by Crippen LogP contribution is 2.52. The number of fused-ring (bicyclic) bond motifs is 3. The number of rotatable bonds is 4. The maximum atomic E-state index is 14.6. The Balaban J connectivity index is 1.63. The number of anilines is 1. The van der Waals surface area contributed by atoms with Crippen molar-refractivity contribution >= 4 is 34.2 Å². The molecular weight excluding hydrogens is 485 g/mol. The summed E-state index contributed by atoms with van der Waals surface area (Å²) in [5.74, 6) is -3.84. The highest BCUT2D eigenvalue weighted by Gasteiger charge is 2.54. The molecule has 1 aliphatic carbocycles. The van der Waals surface area contributed by atoms with Gasteiger partial charge in [0, 0.05) is 30.4 Å². The monoisotopic (exact) mass is 506 g/mol. The van der Waals surface area contributed by atoms with Crippen molar-refractivity contribution in [1.29, 1.82) is 0 Å². The van der Waals surface area contributed by atoms with Crippen molar-refractivity contribution < 1.29 is 22.7 Å². The number of hydrogen-bond acceptors (Lipinski definition) is 6. The maximum absolute atomic E-state index is 14.6. The summed E-state index contributed by atoms with van der Waals surface area (Å²) < 4.78 is 49.2. The van der Waals surface area contributed by atoms with E-state index in [9.17, 15) is 22.8 Å². The minimum Gasteiger partial charge on any atom is -0.464 e. The molecule has 11 heteroatoms. The Bertz CT molecular complexity index is 1430. The zero-order valence-electron chi connectivity index (χ0n) is 19.0. The second kappa shape index (κ2) is 8.22. The molecule has 1 aliphatic heterocycles. The summed E-state index contributed by atoms with van der Waals surface area (Å²) in [7, 11) is 1.21. The number of nitrogens with zero attached hydrogens (tertiary/aromatic N) is 3. The van der Waals surface area contributed by atoms with Gasteiger partial charge < -0.3 is 10.1 Å². The number of alkyl halides is 2. The second-order valence-electron chi connectivity index (χ2n) is 9.23. The molecule has 0 unspecified atom stereocenters. The molecule has 2 aromatic heterocycles. The third kappa shape index (κ3) is 3.93. The van der Waals surface area contributed by atoms with Crippen molar-refractivity contribution in [1.82, 2.24) is 14.5 Å². The molecule has 2 atom stereocenters. The topological polar surface area (TPSA) is 86.1 Å². The number of nitrogens with one attached hydrogen (secondary N) is 1. The van der Waals surface area contributed by atoms with Crippen LogP contribution in [0.3, 0.4) is 0 Å². The Morgan fingerprint density at radius 1 is 1.23 bits per heavy atom. The SMILES string of the molecule is COC(=O)c1nc(Cl)ccc1N[C@H](C)c1cc(F)cc2c(=O)n3c(nc12)[C@@]1(CC3)CCC(F)(F)C1. The molecule has 5 rings (SSSR count). The molecule has 1 N–H and O–H groups in total. The lowest BCUT2D eigenvalue weighted by Crippen LogP contribution is -2.28. The molecule has 3 aromatic rings. The van der Waals surface area contributed by atoms with Gasteiger partial charge in [0.1, 0.15) is 16.8 Å². The second-order valence-corrected chi connectivity index (χ2v) is 9.62. The van der Waals surface area contributed by atoms with Gasteiger partial charge in [-0.3, -0.25) is 9.36 Å². The molecule has 0 bridgehead atoms. The zero-order valence-corrected chi connectivity index (χ0v) is 19.8. The lowest BCUT2D eigenvalue weighted by atomic mass is 9.84. The van der Waals surface area contributed by atoms with Crippen LogP contribution in [0.5, 0.6) is 0 Å². The molecule has 0 saturated heterocycles. The molecule has 35 heavy (non-hydrogen) atoms. The lowest BCUT2D eigenvalue weighted by Gasteiger charge is -2.24. The largest absolute Gasteiger partial charge is 0.464 e. The van der Waals surface area contributed by atoms with E-state index < -0.39 is 34.7 Å². The van der Waals surface area contributed by atoms with Crippen molar-refractivity contribution in [3.05, 3.63) is 62.7 Å². The summed E-state index contributed by atoms with van der Waals surface area (Å²) in [6.45, 7) is 1.97. The molecule has 2 aliphatic rings. The highest BCUT2D eigenvalue weighted by molar-refractivity contribution is 6.29. The first-order valence-corrected chi connectivity index (χ1v) is 11.6. The predicted octanol–water partition coefficient (Wildman–Crippen LogP) is 5.00. The fraction of sp³-hybridized carbons (Fsp3) is 0.417. The van der Waals surface area contributed by atoms with Gasteiger partial charge in [-0.2, -0.15) is 0 Å². The first-order chi connectivity index (χ1) is 16.5. The first-order valence-electron chi connectivity index (χ1n) is 11.2. The van der Waals surface area contributed by atoms with Gasteiger partial charge in [0.25, 0.3) is 5.56 Å². The molecule has 7 nitrogen and oxygen atoms in total. The van der Waals surface area contributed by atoms with Crippen LogP contribution >= 0.6 is 11.6 Å². The van der Waals surface area contributed by atoms with Gasteiger partial charge >= 0.3 is 5.97 Å². The van der Waals surface area contributed by atoms with E-state index in [1.165, 1.54) is 29.9 Å². The Labute approximate surface area is 203 Å². The van der Waals surface area contributed by atoms with Crippen LogP contribution in [0.1, 0.15) is 60.5 Å². The number of carbonyl (C=O) groups excluding carboxylic acids is 1.